The van der Waals surface area contributed by atoms with Gasteiger partial charge in [-0.2, -0.15) is 18.3 Å². The number of thiazole rings is 1. The first-order chi connectivity index (χ1) is 16.8. The maximum absolute atomic E-state index is 12.9. The minimum atomic E-state index is -4.44. The number of hydrogen-bond donors (Lipinski definition) is 3. The van der Waals surface area contributed by atoms with Crippen LogP contribution in [0.5, 0.6) is 5.75 Å². The topological polar surface area (TPSA) is 78.2 Å². The van der Waals surface area contributed by atoms with E-state index in [9.17, 15) is 18.3 Å². The quantitative estimate of drug-likeness (QED) is 0.483. The molecule has 2 aromatic heterocycles. The number of phenols is 1. The van der Waals surface area contributed by atoms with E-state index in [2.05, 4.69) is 26.0 Å². The number of aromatic nitrogens is 3. The third-order valence-electron chi connectivity index (χ3n) is 6.57. The number of hydrogen-bond acceptors (Lipinski definition) is 7. The van der Waals surface area contributed by atoms with Crippen molar-refractivity contribution in [3.05, 3.63) is 69.1 Å². The summed E-state index contributed by atoms with van der Waals surface area (Å²) in [6, 6.07) is 6.63. The lowest BCUT2D eigenvalue weighted by molar-refractivity contribution is -0.141. The van der Waals surface area contributed by atoms with Crippen molar-refractivity contribution in [2.75, 3.05) is 13.1 Å². The molecule has 1 aromatic carbocycles. The molecule has 3 N–H and O–H groups in total. The summed E-state index contributed by atoms with van der Waals surface area (Å²) in [6.07, 6.45) is 0.722. The monoisotopic (exact) mass is 504 g/mol. The second kappa shape index (κ2) is 9.63. The first-order valence-electron chi connectivity index (χ1n) is 11.6. The van der Waals surface area contributed by atoms with Gasteiger partial charge in [0, 0.05) is 61.1 Å². The molecule has 7 nitrogen and oxygen atoms in total. The molecule has 186 valence electrons. The zero-order chi connectivity index (χ0) is 24.6. The molecule has 2 aliphatic heterocycles. The number of piperidine rings is 1. The fraction of sp³-hybridized carbons (Fsp3) is 0.417. The summed E-state index contributed by atoms with van der Waals surface area (Å²) in [5, 5.41) is 23.9. The number of benzene rings is 1. The third kappa shape index (κ3) is 5.21. The molecule has 1 unspecified atom stereocenters. The number of nitrogens with zero attached hydrogens (tertiary/aromatic N) is 4. The fourth-order valence-corrected chi connectivity index (χ4v) is 5.56. The van der Waals surface area contributed by atoms with Crippen LogP contribution in [0.15, 0.2) is 35.8 Å². The molecule has 0 radical (unpaired) electrons. The van der Waals surface area contributed by atoms with Gasteiger partial charge in [0.05, 0.1) is 10.7 Å². The van der Waals surface area contributed by atoms with Crippen LogP contribution in [0.1, 0.15) is 58.1 Å². The van der Waals surface area contributed by atoms with Crippen molar-refractivity contribution < 1.29 is 18.3 Å². The number of alkyl halides is 3. The largest absolute Gasteiger partial charge is 0.508 e. The minimum Gasteiger partial charge on any atom is -0.508 e. The van der Waals surface area contributed by atoms with Crippen LogP contribution in [0, 0.1) is 6.92 Å². The predicted molar refractivity (Wildman–Crippen MR) is 127 cm³/mol. The maximum Gasteiger partial charge on any atom is 0.435 e. The number of nitrogens with one attached hydrogen (secondary N) is 2. The lowest BCUT2D eigenvalue weighted by atomic mass is 9.98. The van der Waals surface area contributed by atoms with Crippen molar-refractivity contribution in [3.8, 4) is 5.75 Å². The van der Waals surface area contributed by atoms with Crippen LogP contribution in [0.3, 0.4) is 0 Å². The Labute approximate surface area is 205 Å². The number of likely N-dealkylation sites (tertiary alicyclic amines) is 1. The van der Waals surface area contributed by atoms with Crippen LogP contribution in [-0.4, -0.2) is 37.9 Å². The summed E-state index contributed by atoms with van der Waals surface area (Å²) in [7, 11) is 0. The molecule has 3 aromatic rings. The van der Waals surface area contributed by atoms with Crippen LogP contribution in [0.2, 0.25) is 0 Å². The van der Waals surface area contributed by atoms with Crippen LogP contribution < -0.4 is 10.6 Å². The van der Waals surface area contributed by atoms with Gasteiger partial charge in [0.2, 0.25) is 0 Å². The third-order valence-corrected chi connectivity index (χ3v) is 7.60. The first kappa shape index (κ1) is 23.8. The lowest BCUT2D eigenvalue weighted by Gasteiger charge is -2.30. The van der Waals surface area contributed by atoms with E-state index in [-0.39, 0.29) is 6.17 Å². The standard InChI is InChI=1S/C24H27F3N6OS/c1-15-11-21(24(25,26)27)31-33(15)10-9-32-7-5-16(6-8-32)23-30-19(14-35-23)22-28-12-17-3-2-4-20(34)18(17)13-29-22/h2-4,9-11,14,16,22,28-29,34H,5-8,12-13H2,1H3. The molecule has 1 saturated heterocycles. The van der Waals surface area contributed by atoms with E-state index in [0.717, 1.165) is 53.8 Å². The molecular formula is C24H27F3N6OS. The molecule has 0 spiro atoms. The molecule has 0 aliphatic carbocycles. The molecule has 4 heterocycles. The highest BCUT2D eigenvalue weighted by Crippen LogP contribution is 2.33. The predicted octanol–water partition coefficient (Wildman–Crippen LogP) is 4.57. The molecule has 0 amide bonds. The van der Waals surface area contributed by atoms with Crippen molar-refractivity contribution in [2.45, 2.75) is 51.1 Å². The van der Waals surface area contributed by atoms with E-state index in [1.165, 1.54) is 4.68 Å². The summed E-state index contributed by atoms with van der Waals surface area (Å²) in [4.78, 5) is 7.02. The number of rotatable bonds is 4. The average molecular weight is 505 g/mol. The van der Waals surface area contributed by atoms with Gasteiger partial charge in [-0.25, -0.2) is 9.67 Å². The van der Waals surface area contributed by atoms with Gasteiger partial charge in [0.1, 0.15) is 11.9 Å². The van der Waals surface area contributed by atoms with Crippen LogP contribution in [0.25, 0.3) is 6.20 Å². The molecule has 2 aliphatic rings. The highest BCUT2D eigenvalue weighted by Gasteiger charge is 2.34. The zero-order valence-corrected chi connectivity index (χ0v) is 20.0. The Morgan fingerprint density at radius 3 is 2.66 bits per heavy atom. The molecule has 5 rings (SSSR count). The van der Waals surface area contributed by atoms with Gasteiger partial charge in [-0.3, -0.25) is 10.6 Å². The van der Waals surface area contributed by atoms with E-state index in [4.69, 9.17) is 4.98 Å². The number of fused-ring (bicyclic) bond motifs is 1. The Hall–Kier alpha value is -2.89. The van der Waals surface area contributed by atoms with Gasteiger partial charge < -0.3 is 10.0 Å². The van der Waals surface area contributed by atoms with Crippen LogP contribution >= 0.6 is 11.3 Å². The van der Waals surface area contributed by atoms with Crippen molar-refractivity contribution >= 4 is 17.5 Å². The Bertz CT molecular complexity index is 1210. The molecule has 0 saturated carbocycles. The van der Waals surface area contributed by atoms with E-state index < -0.39 is 11.9 Å². The number of aromatic hydroxyl groups is 1. The summed E-state index contributed by atoms with van der Waals surface area (Å²) in [5.41, 5.74) is 2.51. The Balaban J connectivity index is 1.17. The van der Waals surface area contributed by atoms with Crippen molar-refractivity contribution in [3.63, 3.8) is 0 Å². The number of halogens is 3. The van der Waals surface area contributed by atoms with Crippen molar-refractivity contribution in [1.82, 2.24) is 30.3 Å². The van der Waals surface area contributed by atoms with Crippen LogP contribution in [0.4, 0.5) is 13.2 Å². The summed E-state index contributed by atoms with van der Waals surface area (Å²) < 4.78 is 39.9. The normalized spacial score (nSPS) is 19.8. The average Bonchev–Trinajstić information content (AvgIpc) is 3.40. The second-order valence-electron chi connectivity index (χ2n) is 8.94. The Kier molecular flexibility index (Phi) is 6.56. The van der Waals surface area contributed by atoms with Crippen LogP contribution in [-0.2, 0) is 19.3 Å². The molecule has 1 atom stereocenters. The van der Waals surface area contributed by atoms with Crippen molar-refractivity contribution in [1.29, 1.82) is 0 Å². The van der Waals surface area contributed by atoms with Gasteiger partial charge in [0.15, 0.2) is 5.69 Å². The maximum atomic E-state index is 12.9. The Morgan fingerprint density at radius 1 is 1.14 bits per heavy atom. The molecule has 1 fully saturated rings. The molecule has 35 heavy (non-hydrogen) atoms. The summed E-state index contributed by atoms with van der Waals surface area (Å²) >= 11 is 1.66. The van der Waals surface area contributed by atoms with Gasteiger partial charge in [-0.1, -0.05) is 12.1 Å². The zero-order valence-electron chi connectivity index (χ0n) is 19.2. The summed E-state index contributed by atoms with van der Waals surface area (Å²) in [6.45, 7) is 4.43. The van der Waals surface area contributed by atoms with E-state index in [1.54, 1.807) is 30.5 Å². The first-order valence-corrected chi connectivity index (χ1v) is 12.4. The van der Waals surface area contributed by atoms with Crippen molar-refractivity contribution in [2.24, 2.45) is 0 Å². The Morgan fingerprint density at radius 2 is 1.91 bits per heavy atom. The van der Waals surface area contributed by atoms with E-state index in [0.29, 0.717) is 30.5 Å². The highest BCUT2D eigenvalue weighted by molar-refractivity contribution is 7.09. The smallest absolute Gasteiger partial charge is 0.435 e. The number of aryl methyl sites for hydroxylation is 1. The summed E-state index contributed by atoms with van der Waals surface area (Å²) in [5.74, 6) is 0.662. The number of phenolic OH excluding ortho intramolecular Hbond substituents is 1. The fourth-order valence-electron chi connectivity index (χ4n) is 4.54. The SMILES string of the molecule is Cc1cc(C(F)(F)F)nn1C=CN1CCC(c2nc(C3NCc4cccc(O)c4CN3)cs2)CC1. The van der Waals surface area contributed by atoms with Gasteiger partial charge >= 0.3 is 6.18 Å². The van der Waals surface area contributed by atoms with Gasteiger partial charge in [0.25, 0.3) is 0 Å². The van der Waals surface area contributed by atoms with E-state index >= 15 is 0 Å². The second-order valence-corrected chi connectivity index (χ2v) is 9.83. The minimum absolute atomic E-state index is 0.0891. The van der Waals surface area contributed by atoms with E-state index in [1.807, 2.05) is 18.3 Å². The van der Waals surface area contributed by atoms with Gasteiger partial charge in [-0.15, -0.1) is 11.3 Å². The highest BCUT2D eigenvalue weighted by atomic mass is 32.1. The van der Waals surface area contributed by atoms with Gasteiger partial charge in [-0.05, 0) is 37.5 Å². The molecular weight excluding hydrogens is 477 g/mol. The lowest BCUT2D eigenvalue weighted by Crippen LogP contribution is -2.31. The molecule has 0 bridgehead atoms. The molecule has 11 heteroatoms.